The number of amides is 2. The number of rotatable bonds is 7. The summed E-state index contributed by atoms with van der Waals surface area (Å²) < 4.78 is 53.7. The number of hydrogen-bond acceptors (Lipinski definition) is 6. The number of nitrogens with two attached hydrogens (primary N) is 2. The van der Waals surface area contributed by atoms with Crippen LogP contribution in [0.5, 0.6) is 5.75 Å². The Bertz CT molecular complexity index is 1290. The van der Waals surface area contributed by atoms with Crippen LogP contribution in [0, 0.1) is 5.82 Å². The summed E-state index contributed by atoms with van der Waals surface area (Å²) in [4.78, 5) is 24.6. The molecule has 1 aliphatic heterocycles. The summed E-state index contributed by atoms with van der Waals surface area (Å²) in [6, 6.07) is 8.63. The van der Waals surface area contributed by atoms with E-state index in [2.05, 4.69) is 10.4 Å². The molecule has 1 atom stereocenters. The molecule has 0 aliphatic carbocycles. The molecule has 1 aromatic heterocycles. The number of hydrogen-bond donors (Lipinski definition) is 3. The average Bonchev–Trinajstić information content (AvgIpc) is 3.19. The van der Waals surface area contributed by atoms with E-state index in [-0.39, 0.29) is 48.1 Å². The van der Waals surface area contributed by atoms with E-state index in [1.54, 1.807) is 24.3 Å². The van der Waals surface area contributed by atoms with Crippen LogP contribution >= 0.6 is 0 Å². The van der Waals surface area contributed by atoms with Crippen LogP contribution in [0.4, 0.5) is 19.0 Å². The Kier molecular flexibility index (Phi) is 6.88. The van der Waals surface area contributed by atoms with Crippen LogP contribution in [0.15, 0.2) is 42.5 Å². The Morgan fingerprint density at radius 2 is 1.97 bits per heavy atom. The van der Waals surface area contributed by atoms with Crippen molar-refractivity contribution in [2.45, 2.75) is 24.9 Å². The topological polar surface area (TPSA) is 134 Å². The minimum Gasteiger partial charge on any atom is -0.496 e. The molecule has 0 saturated carbocycles. The normalized spacial score (nSPS) is 16.9. The van der Waals surface area contributed by atoms with Gasteiger partial charge in [-0.2, -0.15) is 5.10 Å². The highest BCUT2D eigenvalue weighted by atomic mass is 19.3. The van der Waals surface area contributed by atoms with E-state index in [0.717, 1.165) is 10.7 Å². The van der Waals surface area contributed by atoms with Crippen LogP contribution < -0.4 is 21.5 Å². The number of aromatic nitrogens is 2. The zero-order valence-electron chi connectivity index (χ0n) is 19.3. The molecule has 3 aromatic rings. The summed E-state index contributed by atoms with van der Waals surface area (Å²) in [6.45, 7) is -0.306. The van der Waals surface area contributed by atoms with Crippen molar-refractivity contribution in [3.63, 3.8) is 0 Å². The molecule has 2 aromatic carbocycles. The van der Waals surface area contributed by atoms with E-state index in [1.807, 2.05) is 0 Å². The molecule has 5 N–H and O–H groups in total. The number of benzene rings is 2. The Hall–Kier alpha value is -4.06. The molecule has 1 fully saturated rings. The molecule has 9 nitrogen and oxygen atoms in total. The first kappa shape index (κ1) is 25.0. The van der Waals surface area contributed by atoms with E-state index in [1.165, 1.54) is 19.2 Å². The fraction of sp³-hybridized carbons (Fsp3) is 0.292. The summed E-state index contributed by atoms with van der Waals surface area (Å²) in [6.07, 6.45) is -0.500. The van der Waals surface area contributed by atoms with Crippen molar-refractivity contribution in [3.05, 3.63) is 65.0 Å². The number of nitrogens with one attached hydrogen (secondary N) is 1. The number of primary amides is 1. The first-order valence-electron chi connectivity index (χ1n) is 11.0. The lowest BCUT2D eigenvalue weighted by atomic mass is 10.0. The van der Waals surface area contributed by atoms with Gasteiger partial charge in [-0.25, -0.2) is 17.9 Å². The zero-order chi connectivity index (χ0) is 26.0. The molecule has 2 heterocycles. The summed E-state index contributed by atoms with van der Waals surface area (Å²) in [5, 5.41) is 6.88. The van der Waals surface area contributed by atoms with Crippen molar-refractivity contribution >= 4 is 17.6 Å². The molecular weight excluding hydrogens is 479 g/mol. The minimum atomic E-state index is -3.13. The van der Waals surface area contributed by atoms with Crippen molar-refractivity contribution in [1.82, 2.24) is 15.1 Å². The van der Waals surface area contributed by atoms with Gasteiger partial charge in [0.1, 0.15) is 34.7 Å². The molecule has 0 spiro atoms. The molecular formula is C24H24F3N5O4. The molecule has 36 heavy (non-hydrogen) atoms. The van der Waals surface area contributed by atoms with Gasteiger partial charge in [-0.3, -0.25) is 9.59 Å². The van der Waals surface area contributed by atoms with Crippen LogP contribution in [0.1, 0.15) is 38.7 Å². The van der Waals surface area contributed by atoms with E-state index >= 15 is 0 Å². The van der Waals surface area contributed by atoms with E-state index in [4.69, 9.17) is 20.9 Å². The second-order valence-electron chi connectivity index (χ2n) is 8.24. The van der Waals surface area contributed by atoms with E-state index in [0.29, 0.717) is 11.1 Å². The van der Waals surface area contributed by atoms with Crippen LogP contribution in [-0.4, -0.2) is 47.8 Å². The van der Waals surface area contributed by atoms with Gasteiger partial charge in [0.25, 0.3) is 17.7 Å². The standard InChI is InChI=1S/C24H24F3N5O4/c1-35-17-7-6-15(25)10-16(17)23(34)30-11-13-2-4-14(5-3-13)20-19(22(29)33)21(28)32(31-20)18-12-36-9-8-24(18,26)27/h2-7,10,18H,8-9,11-12,28H2,1H3,(H2,29,33)(H,30,34). The molecule has 1 unspecified atom stereocenters. The maximum atomic E-state index is 14.5. The Morgan fingerprint density at radius 3 is 2.61 bits per heavy atom. The molecule has 4 rings (SSSR count). The SMILES string of the molecule is COc1ccc(F)cc1C(=O)NCc1ccc(-c2nn(C3COCCC3(F)F)c(N)c2C(N)=O)cc1. The Labute approximate surface area is 204 Å². The predicted molar refractivity (Wildman–Crippen MR) is 124 cm³/mol. The third-order valence-electron chi connectivity index (χ3n) is 5.92. The lowest BCUT2D eigenvalue weighted by Crippen LogP contribution is -2.40. The highest BCUT2D eigenvalue weighted by molar-refractivity contribution is 6.03. The van der Waals surface area contributed by atoms with Gasteiger partial charge in [-0.05, 0) is 23.8 Å². The van der Waals surface area contributed by atoms with E-state index in [9.17, 15) is 22.8 Å². The highest BCUT2D eigenvalue weighted by Gasteiger charge is 2.45. The molecule has 0 bridgehead atoms. The second kappa shape index (κ2) is 9.90. The van der Waals surface area contributed by atoms with Crippen LogP contribution in [-0.2, 0) is 11.3 Å². The molecule has 12 heteroatoms. The van der Waals surface area contributed by atoms with Gasteiger partial charge in [0.05, 0.1) is 25.9 Å². The zero-order valence-corrected chi connectivity index (χ0v) is 19.3. The van der Waals surface area contributed by atoms with Crippen molar-refractivity contribution in [1.29, 1.82) is 0 Å². The summed E-state index contributed by atoms with van der Waals surface area (Å²) in [5.41, 5.74) is 12.5. The number of anilines is 1. The number of carbonyl (C=O) groups is 2. The largest absolute Gasteiger partial charge is 0.496 e. The van der Waals surface area contributed by atoms with Crippen LogP contribution in [0.2, 0.25) is 0 Å². The number of nitrogen functional groups attached to an aromatic ring is 1. The fourth-order valence-corrected chi connectivity index (χ4v) is 3.99. The van der Waals surface area contributed by atoms with Gasteiger partial charge in [0, 0.05) is 18.5 Å². The third kappa shape index (κ3) is 4.85. The van der Waals surface area contributed by atoms with Crippen molar-refractivity contribution in [2.24, 2.45) is 5.73 Å². The number of halogens is 3. The second-order valence-corrected chi connectivity index (χ2v) is 8.24. The van der Waals surface area contributed by atoms with Gasteiger partial charge < -0.3 is 26.3 Å². The minimum absolute atomic E-state index is 0.0460. The monoisotopic (exact) mass is 503 g/mol. The van der Waals surface area contributed by atoms with Crippen molar-refractivity contribution in [3.8, 4) is 17.0 Å². The Balaban J connectivity index is 1.56. The highest BCUT2D eigenvalue weighted by Crippen LogP contribution is 2.39. The average molecular weight is 503 g/mol. The first-order valence-corrected chi connectivity index (χ1v) is 11.0. The Morgan fingerprint density at radius 1 is 1.25 bits per heavy atom. The van der Waals surface area contributed by atoms with Crippen molar-refractivity contribution < 1.29 is 32.2 Å². The van der Waals surface area contributed by atoms with Gasteiger partial charge >= 0.3 is 0 Å². The van der Waals surface area contributed by atoms with E-state index < -0.39 is 36.0 Å². The summed E-state index contributed by atoms with van der Waals surface area (Å²) in [5.74, 6) is -5.19. The van der Waals surface area contributed by atoms with Crippen LogP contribution in [0.25, 0.3) is 11.3 Å². The van der Waals surface area contributed by atoms with Gasteiger partial charge in [-0.15, -0.1) is 0 Å². The maximum Gasteiger partial charge on any atom is 0.274 e. The number of carbonyl (C=O) groups excluding carboxylic acids is 2. The summed E-state index contributed by atoms with van der Waals surface area (Å²) >= 11 is 0. The summed E-state index contributed by atoms with van der Waals surface area (Å²) in [7, 11) is 1.37. The number of methoxy groups -OCH3 is 1. The molecule has 190 valence electrons. The number of alkyl halides is 2. The lowest BCUT2D eigenvalue weighted by molar-refractivity contribution is -0.135. The molecule has 1 aliphatic rings. The number of nitrogens with zero attached hydrogens (tertiary/aromatic N) is 2. The van der Waals surface area contributed by atoms with Crippen molar-refractivity contribution in [2.75, 3.05) is 26.1 Å². The smallest absolute Gasteiger partial charge is 0.274 e. The molecule has 1 saturated heterocycles. The van der Waals surface area contributed by atoms with Gasteiger partial charge in [-0.1, -0.05) is 24.3 Å². The van der Waals surface area contributed by atoms with Crippen LogP contribution in [0.3, 0.4) is 0 Å². The maximum absolute atomic E-state index is 14.5. The first-order chi connectivity index (χ1) is 17.1. The predicted octanol–water partition coefficient (Wildman–Crippen LogP) is 2.91. The molecule has 2 amide bonds. The fourth-order valence-electron chi connectivity index (χ4n) is 3.99. The third-order valence-corrected chi connectivity index (χ3v) is 5.92. The number of ether oxygens (including phenoxy) is 2. The molecule has 0 radical (unpaired) electrons. The lowest BCUT2D eigenvalue weighted by Gasteiger charge is -2.31. The quantitative estimate of drug-likeness (QED) is 0.454. The van der Waals surface area contributed by atoms with Gasteiger partial charge in [0.2, 0.25) is 0 Å². The van der Waals surface area contributed by atoms with Gasteiger partial charge in [0.15, 0.2) is 0 Å².